The Morgan fingerprint density at radius 1 is 0.969 bits per heavy atom. The van der Waals surface area contributed by atoms with E-state index in [2.05, 4.69) is 30.8 Å². The average Bonchev–Trinajstić information content (AvgIpc) is 2.69. The van der Waals surface area contributed by atoms with Gasteiger partial charge in [0.15, 0.2) is 23.3 Å². The largest absolute Gasteiger partial charge is 0.333 e. The predicted octanol–water partition coefficient (Wildman–Crippen LogP) is 4.56. The number of carbonyl (C=O) groups is 1. The molecule has 0 aliphatic heterocycles. The summed E-state index contributed by atoms with van der Waals surface area (Å²) in [4.78, 5) is 11.9. The average molecular weight is 494 g/mol. The Morgan fingerprint density at radius 3 is 1.97 bits per heavy atom. The summed E-state index contributed by atoms with van der Waals surface area (Å²) in [6.07, 6.45) is 0.576. The van der Waals surface area contributed by atoms with Gasteiger partial charge in [-0.3, -0.25) is 9.44 Å². The third kappa shape index (κ3) is 6.76. The summed E-state index contributed by atoms with van der Waals surface area (Å²) < 4.78 is 82.2. The predicted molar refractivity (Wildman–Crippen MR) is 117 cm³/mol. The molecule has 2 rings (SSSR count). The van der Waals surface area contributed by atoms with Gasteiger partial charge in [0.25, 0.3) is 0 Å². The zero-order valence-electron chi connectivity index (χ0n) is 17.8. The van der Waals surface area contributed by atoms with Crippen molar-refractivity contribution in [3.63, 3.8) is 0 Å². The minimum atomic E-state index is -4.17. The SMILES string of the molecule is CC(C)(C)c1ccc(CNC(=O)NSCc2c(F)c(F)c(NS(C)(=O)=O)c(F)c2F)cc1. The van der Waals surface area contributed by atoms with Crippen molar-refractivity contribution in [2.45, 2.75) is 38.5 Å². The van der Waals surface area contributed by atoms with Crippen molar-refractivity contribution in [2.24, 2.45) is 0 Å². The van der Waals surface area contributed by atoms with E-state index >= 15 is 0 Å². The van der Waals surface area contributed by atoms with E-state index in [1.807, 2.05) is 24.3 Å². The van der Waals surface area contributed by atoms with Crippen molar-refractivity contribution in [3.05, 3.63) is 64.2 Å². The first-order valence-electron chi connectivity index (χ1n) is 9.28. The Hall–Kier alpha value is -2.47. The molecule has 0 aromatic heterocycles. The third-order valence-electron chi connectivity index (χ3n) is 4.30. The molecule has 2 amide bonds. The van der Waals surface area contributed by atoms with Gasteiger partial charge in [0.2, 0.25) is 10.0 Å². The number of carbonyl (C=O) groups excluding carboxylic acids is 1. The summed E-state index contributed by atoms with van der Waals surface area (Å²) in [5.41, 5.74) is -0.486. The van der Waals surface area contributed by atoms with E-state index in [1.165, 1.54) is 4.72 Å². The number of amides is 2. The third-order valence-corrected chi connectivity index (χ3v) is 5.63. The van der Waals surface area contributed by atoms with E-state index < -0.39 is 56.3 Å². The Balaban J connectivity index is 1.96. The van der Waals surface area contributed by atoms with Crippen LogP contribution in [0.4, 0.5) is 28.0 Å². The second-order valence-corrected chi connectivity index (χ2v) is 10.5. The van der Waals surface area contributed by atoms with Crippen LogP contribution >= 0.6 is 11.9 Å². The van der Waals surface area contributed by atoms with Crippen LogP contribution in [0.5, 0.6) is 0 Å². The molecule has 12 heteroatoms. The first-order chi connectivity index (χ1) is 14.7. The van der Waals surface area contributed by atoms with E-state index in [1.54, 1.807) is 0 Å². The lowest BCUT2D eigenvalue weighted by atomic mass is 9.87. The van der Waals surface area contributed by atoms with Gasteiger partial charge in [-0.05, 0) is 28.5 Å². The first-order valence-corrected chi connectivity index (χ1v) is 12.2. The fourth-order valence-corrected chi connectivity index (χ4v) is 3.82. The summed E-state index contributed by atoms with van der Waals surface area (Å²) in [5, 5.41) is 2.55. The summed E-state index contributed by atoms with van der Waals surface area (Å²) in [5.74, 6) is -7.92. The molecule has 32 heavy (non-hydrogen) atoms. The maximum Gasteiger partial charge on any atom is 0.325 e. The molecule has 0 unspecified atom stereocenters. The monoisotopic (exact) mass is 493 g/mol. The van der Waals surface area contributed by atoms with Gasteiger partial charge in [-0.25, -0.2) is 30.8 Å². The molecule has 6 nitrogen and oxygen atoms in total. The van der Waals surface area contributed by atoms with Crippen LogP contribution < -0.4 is 14.8 Å². The highest BCUT2D eigenvalue weighted by Crippen LogP contribution is 2.30. The van der Waals surface area contributed by atoms with Crippen molar-refractivity contribution in [3.8, 4) is 0 Å². The van der Waals surface area contributed by atoms with Crippen LogP contribution in [0.1, 0.15) is 37.5 Å². The number of anilines is 1. The smallest absolute Gasteiger partial charge is 0.325 e. The van der Waals surface area contributed by atoms with Crippen molar-refractivity contribution in [2.75, 3.05) is 11.0 Å². The molecule has 0 saturated heterocycles. The Kier molecular flexibility index (Phi) is 8.05. The van der Waals surface area contributed by atoms with Gasteiger partial charge < -0.3 is 5.32 Å². The number of urea groups is 1. The topological polar surface area (TPSA) is 87.3 Å². The summed E-state index contributed by atoms with van der Waals surface area (Å²) in [7, 11) is -4.17. The second kappa shape index (κ2) is 9.99. The molecule has 176 valence electrons. The van der Waals surface area contributed by atoms with Gasteiger partial charge >= 0.3 is 6.03 Å². The van der Waals surface area contributed by atoms with E-state index in [4.69, 9.17) is 0 Å². The molecule has 0 radical (unpaired) electrons. The molecule has 0 atom stereocenters. The van der Waals surface area contributed by atoms with Crippen LogP contribution in [0, 0.1) is 23.3 Å². The van der Waals surface area contributed by atoms with Gasteiger partial charge in [0, 0.05) is 17.9 Å². The Labute approximate surface area is 188 Å². The fourth-order valence-electron chi connectivity index (χ4n) is 2.59. The number of sulfonamides is 1. The highest BCUT2D eigenvalue weighted by atomic mass is 32.2. The molecular weight excluding hydrogens is 470 g/mol. The highest BCUT2D eigenvalue weighted by molar-refractivity contribution is 7.97. The van der Waals surface area contributed by atoms with Gasteiger partial charge in [-0.2, -0.15) is 0 Å². The van der Waals surface area contributed by atoms with Crippen LogP contribution in [0.2, 0.25) is 0 Å². The molecule has 3 N–H and O–H groups in total. The molecule has 2 aromatic carbocycles. The molecular formula is C20H23F4N3O3S2. The maximum atomic E-state index is 14.1. The van der Waals surface area contributed by atoms with Crippen LogP contribution in [-0.2, 0) is 27.7 Å². The zero-order chi connectivity index (χ0) is 24.3. The summed E-state index contributed by atoms with van der Waals surface area (Å²) >= 11 is 0.506. The lowest BCUT2D eigenvalue weighted by molar-refractivity contribution is 0.246. The van der Waals surface area contributed by atoms with E-state index in [-0.39, 0.29) is 12.0 Å². The second-order valence-electron chi connectivity index (χ2n) is 8.00. The summed E-state index contributed by atoms with van der Waals surface area (Å²) in [6, 6.07) is 6.93. The number of halogens is 4. The molecule has 0 aliphatic carbocycles. The number of rotatable bonds is 7. The molecule has 0 heterocycles. The van der Waals surface area contributed by atoms with Gasteiger partial charge in [0.1, 0.15) is 5.69 Å². The van der Waals surface area contributed by atoms with Crippen LogP contribution in [0.25, 0.3) is 0 Å². The minimum Gasteiger partial charge on any atom is -0.333 e. The first kappa shape index (κ1) is 25.8. The van der Waals surface area contributed by atoms with Crippen molar-refractivity contribution < 1.29 is 30.8 Å². The molecule has 2 aromatic rings. The quantitative estimate of drug-likeness (QED) is 0.300. The minimum absolute atomic E-state index is 0.0114. The van der Waals surface area contributed by atoms with Gasteiger partial charge in [-0.1, -0.05) is 45.0 Å². The van der Waals surface area contributed by atoms with Crippen LogP contribution in [-0.4, -0.2) is 20.7 Å². The summed E-state index contributed by atoms with van der Waals surface area (Å²) in [6.45, 7) is 6.41. The lowest BCUT2D eigenvalue weighted by Crippen LogP contribution is -2.31. The van der Waals surface area contributed by atoms with Crippen molar-refractivity contribution in [1.29, 1.82) is 0 Å². The number of hydrogen-bond donors (Lipinski definition) is 3. The number of nitrogens with one attached hydrogen (secondary N) is 3. The number of hydrogen-bond acceptors (Lipinski definition) is 4. The lowest BCUT2D eigenvalue weighted by Gasteiger charge is -2.19. The zero-order valence-corrected chi connectivity index (χ0v) is 19.4. The fraction of sp³-hybridized carbons (Fsp3) is 0.350. The molecule has 0 spiro atoms. The molecule has 0 bridgehead atoms. The maximum absolute atomic E-state index is 14.1. The van der Waals surface area contributed by atoms with E-state index in [9.17, 15) is 30.8 Å². The molecule has 0 fully saturated rings. The molecule has 0 saturated carbocycles. The Morgan fingerprint density at radius 2 is 1.50 bits per heavy atom. The highest BCUT2D eigenvalue weighted by Gasteiger charge is 2.27. The van der Waals surface area contributed by atoms with Gasteiger partial charge in [-0.15, -0.1) is 0 Å². The Bertz CT molecular complexity index is 1070. The van der Waals surface area contributed by atoms with E-state index in [0.29, 0.717) is 18.2 Å². The van der Waals surface area contributed by atoms with Crippen molar-refractivity contribution in [1.82, 2.24) is 10.0 Å². The van der Waals surface area contributed by atoms with Crippen LogP contribution in [0.3, 0.4) is 0 Å². The molecule has 0 aliphatic rings. The van der Waals surface area contributed by atoms with Gasteiger partial charge in [0.05, 0.1) is 6.26 Å². The van der Waals surface area contributed by atoms with E-state index in [0.717, 1.165) is 11.1 Å². The number of benzene rings is 2. The normalized spacial score (nSPS) is 11.9. The van der Waals surface area contributed by atoms with Crippen LogP contribution in [0.15, 0.2) is 24.3 Å². The standard InChI is InChI=1S/C20H23F4N3O3S2/c1-20(2,3)12-7-5-11(6-8-12)9-25-19(28)26-31-10-13-14(21)16(23)18(17(24)15(13)22)27-32(4,29)30/h5-8,27H,9-10H2,1-4H3,(H2,25,26,28). The van der Waals surface area contributed by atoms with Crippen molar-refractivity contribution >= 4 is 33.7 Å².